The van der Waals surface area contributed by atoms with Gasteiger partial charge in [-0.25, -0.2) is 15.0 Å². The number of carbonyl (C=O) groups excluding carboxylic acids is 1. The average Bonchev–Trinajstić information content (AvgIpc) is 3.63. The Labute approximate surface area is 218 Å². The summed E-state index contributed by atoms with van der Waals surface area (Å²) in [5.74, 6) is 1.25. The number of fused-ring (bicyclic) bond motifs is 1. The molecule has 188 valence electrons. The monoisotopic (exact) mass is 517 g/mol. The molecule has 37 heavy (non-hydrogen) atoms. The van der Waals surface area contributed by atoms with Gasteiger partial charge >= 0.3 is 0 Å². The minimum atomic E-state index is -0.377. The molecule has 0 aliphatic carbocycles. The normalized spacial score (nSPS) is 17.8. The molecule has 1 atom stereocenters. The molecule has 1 amide bonds. The second-order valence-electron chi connectivity index (χ2n) is 8.76. The third-order valence-corrected chi connectivity index (χ3v) is 6.63. The zero-order chi connectivity index (χ0) is 25.2. The summed E-state index contributed by atoms with van der Waals surface area (Å²) in [6.07, 6.45) is 2.10. The number of carbonyl (C=O) groups is 1. The maximum Gasteiger partial charge on any atom is 0.281 e. The molecule has 4 heterocycles. The van der Waals surface area contributed by atoms with Crippen molar-refractivity contribution >= 4 is 40.1 Å². The van der Waals surface area contributed by atoms with Crippen molar-refractivity contribution in [3.8, 4) is 5.88 Å². The number of aromatic nitrogens is 2. The molecule has 4 aromatic rings. The van der Waals surface area contributed by atoms with Crippen molar-refractivity contribution in [1.29, 1.82) is 0 Å². The summed E-state index contributed by atoms with van der Waals surface area (Å²) in [6, 6.07) is 18.3. The number of amides is 1. The summed E-state index contributed by atoms with van der Waals surface area (Å²) in [6.45, 7) is 2.26. The molecular weight excluding hydrogens is 494 g/mol. The van der Waals surface area contributed by atoms with E-state index in [1.54, 1.807) is 24.5 Å². The van der Waals surface area contributed by atoms with Gasteiger partial charge in [-0.05, 0) is 42.0 Å². The SMILES string of the molecule is O=C(COc1nc2ccccc2nc1N1CCOCC1)N1N=C(c2ccc(Cl)cc2)CC1c1ccco1. The van der Waals surface area contributed by atoms with Gasteiger partial charge in [-0.3, -0.25) is 4.79 Å². The molecule has 9 nitrogen and oxygen atoms in total. The Morgan fingerprint density at radius 3 is 2.49 bits per heavy atom. The maximum absolute atomic E-state index is 13.5. The lowest BCUT2D eigenvalue weighted by Gasteiger charge is -2.29. The van der Waals surface area contributed by atoms with Crippen molar-refractivity contribution in [2.45, 2.75) is 12.5 Å². The number of morpholine rings is 1. The van der Waals surface area contributed by atoms with Gasteiger partial charge in [-0.1, -0.05) is 35.9 Å². The topological polar surface area (TPSA) is 93.3 Å². The highest BCUT2D eigenvalue weighted by atomic mass is 35.5. The number of nitrogens with zero attached hydrogens (tertiary/aromatic N) is 5. The Bertz CT molecular complexity index is 1440. The number of benzene rings is 2. The third-order valence-electron chi connectivity index (χ3n) is 6.38. The van der Waals surface area contributed by atoms with Crippen molar-refractivity contribution in [3.05, 3.63) is 83.3 Å². The number of halogens is 1. The number of hydrazone groups is 1. The van der Waals surface area contributed by atoms with Gasteiger partial charge in [0.25, 0.3) is 11.8 Å². The van der Waals surface area contributed by atoms with Crippen molar-refractivity contribution < 1.29 is 18.7 Å². The van der Waals surface area contributed by atoms with Crippen molar-refractivity contribution in [2.75, 3.05) is 37.8 Å². The molecule has 0 spiro atoms. The number of furan rings is 1. The average molecular weight is 518 g/mol. The van der Waals surface area contributed by atoms with E-state index in [0.717, 1.165) is 16.8 Å². The number of hydrogen-bond acceptors (Lipinski definition) is 8. The predicted octanol–water partition coefficient (Wildman–Crippen LogP) is 4.47. The van der Waals surface area contributed by atoms with E-state index >= 15 is 0 Å². The Hall–Kier alpha value is -3.95. The first-order valence-corrected chi connectivity index (χ1v) is 12.4. The molecule has 0 bridgehead atoms. The van der Waals surface area contributed by atoms with E-state index in [1.807, 2.05) is 42.5 Å². The summed E-state index contributed by atoms with van der Waals surface area (Å²) >= 11 is 6.05. The maximum atomic E-state index is 13.5. The van der Waals surface area contributed by atoms with E-state index in [2.05, 4.69) is 15.0 Å². The van der Waals surface area contributed by atoms with E-state index in [9.17, 15) is 4.79 Å². The van der Waals surface area contributed by atoms with Gasteiger partial charge < -0.3 is 18.8 Å². The van der Waals surface area contributed by atoms with Gasteiger partial charge in [0.05, 0.1) is 36.2 Å². The largest absolute Gasteiger partial charge is 0.467 e. The Kier molecular flexibility index (Phi) is 6.46. The summed E-state index contributed by atoms with van der Waals surface area (Å²) in [5.41, 5.74) is 3.12. The minimum Gasteiger partial charge on any atom is -0.467 e. The van der Waals surface area contributed by atoms with Crippen LogP contribution in [0.4, 0.5) is 5.82 Å². The number of para-hydroxylation sites is 2. The van der Waals surface area contributed by atoms with Crippen LogP contribution < -0.4 is 9.64 Å². The highest BCUT2D eigenvalue weighted by Crippen LogP contribution is 2.34. The summed E-state index contributed by atoms with van der Waals surface area (Å²) in [4.78, 5) is 25.0. The molecule has 1 saturated heterocycles. The zero-order valence-electron chi connectivity index (χ0n) is 19.9. The van der Waals surface area contributed by atoms with Gasteiger partial charge in [0.1, 0.15) is 11.8 Å². The number of rotatable bonds is 6. The third kappa shape index (κ3) is 4.87. The van der Waals surface area contributed by atoms with Crippen molar-refractivity contribution in [3.63, 3.8) is 0 Å². The van der Waals surface area contributed by atoms with Crippen LogP contribution in [0, 0.1) is 0 Å². The van der Waals surface area contributed by atoms with Crippen LogP contribution in [0.1, 0.15) is 23.8 Å². The van der Waals surface area contributed by atoms with Gasteiger partial charge in [0, 0.05) is 24.5 Å². The Balaban J connectivity index is 1.27. The zero-order valence-corrected chi connectivity index (χ0v) is 20.7. The smallest absolute Gasteiger partial charge is 0.281 e. The van der Waals surface area contributed by atoms with Crippen molar-refractivity contribution in [2.24, 2.45) is 5.10 Å². The van der Waals surface area contributed by atoms with E-state index in [0.29, 0.717) is 60.7 Å². The summed E-state index contributed by atoms with van der Waals surface area (Å²) < 4.78 is 17.2. The fraction of sp³-hybridized carbons (Fsp3) is 0.259. The summed E-state index contributed by atoms with van der Waals surface area (Å²) in [7, 11) is 0. The first-order chi connectivity index (χ1) is 18.2. The molecule has 2 aliphatic heterocycles. The number of ether oxygens (including phenoxy) is 2. The Morgan fingerprint density at radius 2 is 1.76 bits per heavy atom. The molecule has 1 unspecified atom stereocenters. The van der Waals surface area contributed by atoms with E-state index < -0.39 is 0 Å². The standard InChI is InChI=1S/C27H24ClN5O4/c28-19-9-7-18(8-10-19)22-16-23(24-6-3-13-36-24)33(31-22)25(34)17-37-27-26(32-11-14-35-15-12-32)29-20-4-1-2-5-21(20)30-27/h1-10,13,23H,11-12,14-17H2. The fourth-order valence-corrected chi connectivity index (χ4v) is 4.63. The molecule has 0 saturated carbocycles. The fourth-order valence-electron chi connectivity index (χ4n) is 4.51. The van der Waals surface area contributed by atoms with E-state index in [4.69, 9.17) is 30.5 Å². The van der Waals surface area contributed by atoms with Gasteiger partial charge in [-0.2, -0.15) is 5.10 Å². The highest BCUT2D eigenvalue weighted by molar-refractivity contribution is 6.30. The minimum absolute atomic E-state index is 0.251. The molecule has 0 radical (unpaired) electrons. The molecular formula is C27H24ClN5O4. The van der Waals surface area contributed by atoms with Crippen LogP contribution in [-0.2, 0) is 9.53 Å². The van der Waals surface area contributed by atoms with Crippen LogP contribution in [0.25, 0.3) is 11.0 Å². The molecule has 6 rings (SSSR count). The van der Waals surface area contributed by atoms with Crippen LogP contribution in [0.3, 0.4) is 0 Å². The molecule has 2 aliphatic rings. The Morgan fingerprint density at radius 1 is 1.00 bits per heavy atom. The lowest BCUT2D eigenvalue weighted by molar-refractivity contribution is -0.135. The van der Waals surface area contributed by atoms with Crippen LogP contribution >= 0.6 is 11.6 Å². The van der Waals surface area contributed by atoms with E-state index in [-0.39, 0.29) is 18.6 Å². The highest BCUT2D eigenvalue weighted by Gasteiger charge is 2.35. The molecule has 10 heteroatoms. The second kappa shape index (κ2) is 10.2. The number of hydrogen-bond donors (Lipinski definition) is 0. The quantitative estimate of drug-likeness (QED) is 0.372. The van der Waals surface area contributed by atoms with Gasteiger partial charge in [0.15, 0.2) is 12.4 Å². The first kappa shape index (κ1) is 23.4. The van der Waals surface area contributed by atoms with Crippen LogP contribution in [-0.4, -0.2) is 59.5 Å². The lowest BCUT2D eigenvalue weighted by Crippen LogP contribution is -2.37. The van der Waals surface area contributed by atoms with Crippen LogP contribution in [0.2, 0.25) is 5.02 Å². The molecule has 2 aromatic carbocycles. The summed E-state index contributed by atoms with van der Waals surface area (Å²) in [5, 5.41) is 6.73. The van der Waals surface area contributed by atoms with Gasteiger partial charge in [-0.15, -0.1) is 0 Å². The number of anilines is 1. The second-order valence-corrected chi connectivity index (χ2v) is 9.19. The predicted molar refractivity (Wildman–Crippen MR) is 139 cm³/mol. The van der Waals surface area contributed by atoms with Crippen molar-refractivity contribution in [1.82, 2.24) is 15.0 Å². The molecule has 0 N–H and O–H groups in total. The van der Waals surface area contributed by atoms with E-state index in [1.165, 1.54) is 5.01 Å². The van der Waals surface area contributed by atoms with Gasteiger partial charge in [0.2, 0.25) is 0 Å². The van der Waals surface area contributed by atoms with Crippen LogP contribution in [0.5, 0.6) is 5.88 Å². The molecule has 1 fully saturated rings. The first-order valence-electron chi connectivity index (χ1n) is 12.1. The lowest BCUT2D eigenvalue weighted by atomic mass is 10.0. The molecule has 2 aromatic heterocycles. The van der Waals surface area contributed by atoms with Crippen LogP contribution in [0.15, 0.2) is 76.4 Å².